The van der Waals surface area contributed by atoms with E-state index in [0.717, 1.165) is 130 Å². The summed E-state index contributed by atoms with van der Waals surface area (Å²) in [6.45, 7) is 20.0. The van der Waals surface area contributed by atoms with Crippen molar-refractivity contribution in [2.45, 2.75) is 176 Å². The number of aliphatic hydroxyl groups excluding tert-OH is 2. The summed E-state index contributed by atoms with van der Waals surface area (Å²) >= 11 is 0. The molecule has 1 aromatic carbocycles. The standard InChI is InChI=1S/C31H48O6.C23H27FN4O2/c1-17(2)9-8-10-20(28(35)36)26-22-15-24(34)27-29(5)13-12-23(33)18(3)21(29)11-14-30(27,6)31(22,7)16-25(26)37-19(4)32;1-15-18(23(29)28-10-3-2-4-21(28)25-15)9-13-27-11-7-16(8-12-27)22-19-6-5-17(24)14-20(19)30-26-22/h9,18,21-25,27,33-34H,8,10-16H2,1-7H3,(H,35,36);5-6,14,16H,2-4,7-13H2,1H3/b26-20-;/t18-,21-,22-,23+,24+,25-,27?,29-,30-,31-;/m0./s1. The van der Waals surface area contributed by atoms with Gasteiger partial charge in [0.2, 0.25) is 0 Å². The topological polar surface area (TPSA) is 168 Å². The number of carbonyl (C=O) groups is 2. The van der Waals surface area contributed by atoms with E-state index in [2.05, 4.69) is 37.8 Å². The van der Waals surface area contributed by atoms with Gasteiger partial charge in [-0.05, 0) is 175 Å². The molecular formula is C54H75FN4O8. The second-order valence-corrected chi connectivity index (χ2v) is 22.2. The zero-order valence-electron chi connectivity index (χ0n) is 41.2. The van der Waals surface area contributed by atoms with Crippen molar-refractivity contribution in [3.05, 3.63) is 79.9 Å². The molecule has 5 fully saturated rings. The van der Waals surface area contributed by atoms with Gasteiger partial charge in [0.15, 0.2) is 5.58 Å². The summed E-state index contributed by atoms with van der Waals surface area (Å²) in [6, 6.07) is 4.63. The van der Waals surface area contributed by atoms with Crippen LogP contribution in [-0.2, 0) is 33.7 Å². The number of carboxylic acids is 1. The Hall–Kier alpha value is -4.20. The first-order valence-electron chi connectivity index (χ1n) is 25.3. The van der Waals surface area contributed by atoms with Crippen molar-refractivity contribution in [1.29, 1.82) is 0 Å². The minimum Gasteiger partial charge on any atom is -0.478 e. The van der Waals surface area contributed by atoms with Crippen molar-refractivity contribution in [3.8, 4) is 0 Å². The molecule has 3 aromatic rings. The zero-order valence-corrected chi connectivity index (χ0v) is 41.2. The monoisotopic (exact) mass is 927 g/mol. The third kappa shape index (κ3) is 9.10. The number of rotatable bonds is 9. The highest BCUT2D eigenvalue weighted by Crippen LogP contribution is 2.74. The maximum atomic E-state index is 13.4. The molecule has 1 unspecified atom stereocenters. The van der Waals surface area contributed by atoms with E-state index in [9.17, 15) is 34.1 Å². The summed E-state index contributed by atoms with van der Waals surface area (Å²) in [7, 11) is 0. The molecule has 0 radical (unpaired) electrons. The number of fused-ring (bicyclic) bond motifs is 7. The van der Waals surface area contributed by atoms with Crippen LogP contribution in [-0.4, -0.2) is 84.8 Å². The van der Waals surface area contributed by atoms with E-state index >= 15 is 0 Å². The highest BCUT2D eigenvalue weighted by atomic mass is 19.1. The van der Waals surface area contributed by atoms with Crippen LogP contribution < -0.4 is 5.56 Å². The van der Waals surface area contributed by atoms with Crippen LogP contribution >= 0.6 is 0 Å². The Morgan fingerprint density at radius 3 is 2.45 bits per heavy atom. The number of ether oxygens (including phenoxy) is 1. The molecule has 3 N–H and O–H groups in total. The van der Waals surface area contributed by atoms with Crippen molar-refractivity contribution in [2.75, 3.05) is 19.6 Å². The maximum Gasteiger partial charge on any atom is 0.331 e. The second kappa shape index (κ2) is 19.3. The quantitative estimate of drug-likeness (QED) is 0.106. The van der Waals surface area contributed by atoms with E-state index in [1.165, 1.54) is 19.1 Å². The number of esters is 1. The SMILES string of the molecule is CC(=O)O[C@H]1C[C@@]2(C)[C@@H](C[C@@H](O)C3[C@]2(C)CC[C@H]2[C@H](C)[C@H](O)CC[C@]32C)/C1=C(\CCC=C(C)C)C(=O)O.Cc1nc2n(c(=O)c1CCN1CCC(c3noc4cc(F)ccc34)CC1)CCCC2. The first kappa shape index (κ1) is 49.2. The summed E-state index contributed by atoms with van der Waals surface area (Å²) in [5, 5.41) is 38.0. The zero-order chi connectivity index (χ0) is 48.2. The fourth-order valence-corrected chi connectivity index (χ4v) is 14.7. The smallest absolute Gasteiger partial charge is 0.331 e. The molecule has 2 aromatic heterocycles. The molecule has 366 valence electrons. The predicted octanol–water partition coefficient (Wildman–Crippen LogP) is 9.26. The van der Waals surface area contributed by atoms with E-state index in [-0.39, 0.29) is 51.5 Å². The molecule has 0 spiro atoms. The highest BCUT2D eigenvalue weighted by Gasteiger charge is 2.71. The van der Waals surface area contributed by atoms with Crippen LogP contribution in [0.15, 0.2) is 50.3 Å². The Morgan fingerprint density at radius 2 is 1.75 bits per heavy atom. The Morgan fingerprint density at radius 1 is 1.00 bits per heavy atom. The van der Waals surface area contributed by atoms with Gasteiger partial charge >= 0.3 is 11.9 Å². The van der Waals surface area contributed by atoms with E-state index in [4.69, 9.17) is 14.2 Å². The number of benzene rings is 1. The number of aromatic nitrogens is 3. The minimum atomic E-state index is -0.953. The fourth-order valence-electron chi connectivity index (χ4n) is 14.7. The van der Waals surface area contributed by atoms with E-state index in [1.54, 1.807) is 6.07 Å². The molecule has 4 heterocycles. The second-order valence-electron chi connectivity index (χ2n) is 22.2. The third-order valence-electron chi connectivity index (χ3n) is 18.3. The summed E-state index contributed by atoms with van der Waals surface area (Å²) in [6.07, 6.45) is 12.0. The van der Waals surface area contributed by atoms with Crippen LogP contribution in [0.25, 0.3) is 11.0 Å². The van der Waals surface area contributed by atoms with Crippen molar-refractivity contribution in [3.63, 3.8) is 0 Å². The number of piperidine rings is 1. The molecule has 4 aliphatic carbocycles. The minimum absolute atomic E-state index is 0.0474. The van der Waals surface area contributed by atoms with Crippen molar-refractivity contribution in [2.24, 2.45) is 39.9 Å². The normalized spacial score (nSPS) is 33.6. The van der Waals surface area contributed by atoms with Crippen LogP contribution in [0.5, 0.6) is 0 Å². The van der Waals surface area contributed by atoms with E-state index in [1.807, 2.05) is 31.4 Å². The number of likely N-dealkylation sites (tertiary alicyclic amines) is 1. The molecule has 67 heavy (non-hydrogen) atoms. The van der Waals surface area contributed by atoms with Gasteiger partial charge < -0.3 is 29.5 Å². The number of allylic oxidation sites excluding steroid dienone is 2. The van der Waals surface area contributed by atoms with Crippen LogP contribution in [0.2, 0.25) is 0 Å². The van der Waals surface area contributed by atoms with Crippen molar-refractivity contribution in [1.82, 2.24) is 19.6 Å². The van der Waals surface area contributed by atoms with Crippen molar-refractivity contribution < 1.29 is 38.6 Å². The number of aryl methyl sites for hydroxylation is 2. The van der Waals surface area contributed by atoms with Crippen LogP contribution in [0.4, 0.5) is 4.39 Å². The summed E-state index contributed by atoms with van der Waals surface area (Å²) < 4.78 is 26.5. The molecule has 12 nitrogen and oxygen atoms in total. The fraction of sp³-hybridized carbons (Fsp3) is 0.685. The number of hydrogen-bond donors (Lipinski definition) is 3. The molecule has 9 rings (SSSR count). The molecule has 2 aliphatic heterocycles. The lowest BCUT2D eigenvalue weighted by Gasteiger charge is -2.69. The van der Waals surface area contributed by atoms with E-state index < -0.39 is 24.1 Å². The van der Waals surface area contributed by atoms with Gasteiger partial charge in [-0.15, -0.1) is 0 Å². The van der Waals surface area contributed by atoms with Crippen molar-refractivity contribution >= 4 is 22.9 Å². The third-order valence-corrected chi connectivity index (χ3v) is 18.3. The van der Waals surface area contributed by atoms with Gasteiger partial charge in [0, 0.05) is 60.6 Å². The molecule has 0 bridgehead atoms. The Kier molecular flexibility index (Phi) is 14.2. The van der Waals surface area contributed by atoms with Gasteiger partial charge in [-0.3, -0.25) is 14.2 Å². The van der Waals surface area contributed by atoms with Gasteiger partial charge in [-0.25, -0.2) is 14.2 Å². The van der Waals surface area contributed by atoms with Crippen LogP contribution in [0.3, 0.4) is 0 Å². The molecule has 0 amide bonds. The Labute approximate surface area is 395 Å². The first-order valence-corrected chi connectivity index (χ1v) is 25.3. The van der Waals surface area contributed by atoms with Gasteiger partial charge in [0.1, 0.15) is 17.7 Å². The molecule has 1 saturated heterocycles. The lowest BCUT2D eigenvalue weighted by atomic mass is 9.36. The average Bonchev–Trinajstić information content (AvgIpc) is 3.81. The maximum absolute atomic E-state index is 13.4. The lowest BCUT2D eigenvalue weighted by molar-refractivity contribution is -0.234. The van der Waals surface area contributed by atoms with Gasteiger partial charge in [-0.2, -0.15) is 0 Å². The number of carboxylic acid groups (broad SMARTS) is 1. The Bertz CT molecular complexity index is 2470. The largest absolute Gasteiger partial charge is 0.478 e. The molecule has 4 saturated carbocycles. The van der Waals surface area contributed by atoms with Gasteiger partial charge in [-0.1, -0.05) is 44.5 Å². The first-order chi connectivity index (χ1) is 31.8. The number of aliphatic carboxylic acids is 1. The number of hydrogen-bond acceptors (Lipinski definition) is 10. The van der Waals surface area contributed by atoms with Crippen LogP contribution in [0, 0.1) is 52.7 Å². The lowest BCUT2D eigenvalue weighted by Crippen LogP contribution is -2.65. The summed E-state index contributed by atoms with van der Waals surface area (Å²) in [5.41, 5.74) is 4.95. The molecule has 6 aliphatic rings. The predicted molar refractivity (Wildman–Crippen MR) is 255 cm³/mol. The van der Waals surface area contributed by atoms with E-state index in [0.29, 0.717) is 48.7 Å². The molecule has 10 atom stereocenters. The number of carbonyl (C=O) groups excluding carboxylic acids is 1. The van der Waals surface area contributed by atoms with Gasteiger partial charge in [0.05, 0.1) is 17.9 Å². The summed E-state index contributed by atoms with van der Waals surface area (Å²) in [4.78, 5) is 44.9. The van der Waals surface area contributed by atoms with Crippen LogP contribution in [0.1, 0.15) is 154 Å². The Balaban J connectivity index is 0.000000185. The number of aliphatic hydroxyl groups is 2. The van der Waals surface area contributed by atoms with Gasteiger partial charge in [0.25, 0.3) is 5.56 Å². The highest BCUT2D eigenvalue weighted by molar-refractivity contribution is 5.88. The number of halogens is 1. The molecular weight excluding hydrogens is 852 g/mol. The molecule has 13 heteroatoms. The number of nitrogens with zero attached hydrogens (tertiary/aromatic N) is 4. The average molecular weight is 927 g/mol. The summed E-state index contributed by atoms with van der Waals surface area (Å²) in [5.74, 6) is 0.0643.